The molecule has 0 saturated heterocycles. The van der Waals surface area contributed by atoms with Gasteiger partial charge in [0, 0.05) is 0 Å². The number of rotatable bonds is 8. The third-order valence-electron chi connectivity index (χ3n) is 2.39. The Kier molecular flexibility index (Phi) is 7.38. The van der Waals surface area contributed by atoms with Gasteiger partial charge in [-0.3, -0.25) is 9.36 Å². The SMILES string of the molecule is CCOP(=O)(OCC)/C(=N\OC(=O)c1ccccc1Cl)C(N)=O. The number of hydrogen-bond acceptors (Lipinski definition) is 7. The number of nitrogens with two attached hydrogens (primary N) is 1. The maximum absolute atomic E-state index is 12.5. The lowest BCUT2D eigenvalue weighted by Crippen LogP contribution is -2.26. The number of carbonyl (C=O) groups excluding carboxylic acids is 2. The predicted octanol–water partition coefficient (Wildman–Crippen LogP) is 2.56. The number of amides is 1. The molecule has 1 aromatic rings. The molecule has 1 amide bonds. The molecular weight excluding hydrogens is 347 g/mol. The third kappa shape index (κ3) is 5.14. The zero-order chi connectivity index (χ0) is 17.5. The fourth-order valence-electron chi connectivity index (χ4n) is 1.49. The summed E-state index contributed by atoms with van der Waals surface area (Å²) in [5.41, 5.74) is 4.33. The molecule has 0 atom stereocenters. The first-order chi connectivity index (χ1) is 10.9. The minimum atomic E-state index is -4.08. The largest absolute Gasteiger partial charge is 0.388 e. The molecule has 126 valence electrons. The Morgan fingerprint density at radius 3 is 2.26 bits per heavy atom. The van der Waals surface area contributed by atoms with Crippen molar-refractivity contribution in [3.8, 4) is 0 Å². The van der Waals surface area contributed by atoms with Crippen molar-refractivity contribution in [2.75, 3.05) is 13.2 Å². The topological polar surface area (TPSA) is 117 Å². The van der Waals surface area contributed by atoms with Gasteiger partial charge in [0.05, 0.1) is 23.8 Å². The Hall–Kier alpha value is -1.73. The summed E-state index contributed by atoms with van der Waals surface area (Å²) in [6.45, 7) is 3.03. The molecule has 0 radical (unpaired) electrons. The van der Waals surface area contributed by atoms with Crippen molar-refractivity contribution in [3.05, 3.63) is 34.9 Å². The van der Waals surface area contributed by atoms with Crippen molar-refractivity contribution in [1.29, 1.82) is 0 Å². The van der Waals surface area contributed by atoms with Crippen molar-refractivity contribution < 1.29 is 28.0 Å². The minimum absolute atomic E-state index is 0.0180. The van der Waals surface area contributed by atoms with Gasteiger partial charge in [-0.15, -0.1) is 0 Å². The van der Waals surface area contributed by atoms with Gasteiger partial charge in [0.25, 0.3) is 11.4 Å². The van der Waals surface area contributed by atoms with E-state index in [9.17, 15) is 14.2 Å². The molecule has 0 spiro atoms. The summed E-state index contributed by atoms with van der Waals surface area (Å²) < 4.78 is 22.4. The normalized spacial score (nSPS) is 12.0. The van der Waals surface area contributed by atoms with E-state index in [0.717, 1.165) is 0 Å². The van der Waals surface area contributed by atoms with Crippen molar-refractivity contribution in [2.24, 2.45) is 10.9 Å². The minimum Gasteiger partial charge on any atom is -0.364 e. The van der Waals surface area contributed by atoms with Gasteiger partial charge >= 0.3 is 13.6 Å². The quantitative estimate of drug-likeness (QED) is 0.328. The van der Waals surface area contributed by atoms with Crippen LogP contribution in [0.4, 0.5) is 0 Å². The van der Waals surface area contributed by atoms with Crippen LogP contribution >= 0.6 is 19.2 Å². The Labute approximate surface area is 138 Å². The van der Waals surface area contributed by atoms with Crippen LogP contribution in [0.5, 0.6) is 0 Å². The molecular formula is C13H16ClN2O6P. The predicted molar refractivity (Wildman–Crippen MR) is 84.4 cm³/mol. The number of oxime groups is 1. The summed E-state index contributed by atoms with van der Waals surface area (Å²) in [4.78, 5) is 28.0. The average Bonchev–Trinajstić information content (AvgIpc) is 2.47. The van der Waals surface area contributed by atoms with Crippen LogP contribution < -0.4 is 5.73 Å². The fourth-order valence-corrected chi connectivity index (χ4v) is 3.11. The molecule has 0 aliphatic rings. The molecule has 0 unspecified atom stereocenters. The van der Waals surface area contributed by atoms with Crippen LogP contribution in [0, 0.1) is 0 Å². The molecule has 10 heteroatoms. The highest BCUT2D eigenvalue weighted by atomic mass is 35.5. The highest BCUT2D eigenvalue weighted by molar-refractivity contribution is 7.75. The van der Waals surface area contributed by atoms with Gasteiger partial charge in [-0.25, -0.2) is 4.79 Å². The van der Waals surface area contributed by atoms with Crippen LogP contribution in [0.25, 0.3) is 0 Å². The second-order valence-electron chi connectivity index (χ2n) is 3.97. The van der Waals surface area contributed by atoms with E-state index in [2.05, 4.69) is 9.99 Å². The molecule has 23 heavy (non-hydrogen) atoms. The van der Waals surface area contributed by atoms with Crippen LogP contribution in [0.2, 0.25) is 5.02 Å². The molecule has 1 rings (SSSR count). The van der Waals surface area contributed by atoms with Gasteiger partial charge in [-0.1, -0.05) is 28.9 Å². The van der Waals surface area contributed by atoms with E-state index in [1.54, 1.807) is 26.0 Å². The monoisotopic (exact) mass is 362 g/mol. The summed E-state index contributed by atoms with van der Waals surface area (Å²) in [6.07, 6.45) is 0. The molecule has 2 N–H and O–H groups in total. The van der Waals surface area contributed by atoms with E-state index in [0.29, 0.717) is 0 Å². The lowest BCUT2D eigenvalue weighted by atomic mass is 10.2. The van der Waals surface area contributed by atoms with E-state index in [1.807, 2.05) is 0 Å². The van der Waals surface area contributed by atoms with Crippen LogP contribution in [-0.2, 0) is 23.2 Å². The van der Waals surface area contributed by atoms with Crippen LogP contribution in [-0.4, -0.2) is 30.5 Å². The van der Waals surface area contributed by atoms with Gasteiger partial charge in [0.2, 0.25) is 0 Å². The van der Waals surface area contributed by atoms with Gasteiger partial charge in [-0.05, 0) is 26.0 Å². The first-order valence-corrected chi connectivity index (χ1v) is 8.51. The Morgan fingerprint density at radius 2 is 1.78 bits per heavy atom. The fraction of sp³-hybridized carbons (Fsp3) is 0.308. The van der Waals surface area contributed by atoms with Crippen molar-refractivity contribution in [2.45, 2.75) is 13.8 Å². The molecule has 8 nitrogen and oxygen atoms in total. The average molecular weight is 363 g/mol. The second-order valence-corrected chi connectivity index (χ2v) is 6.31. The highest BCUT2D eigenvalue weighted by Crippen LogP contribution is 2.49. The molecule has 0 bridgehead atoms. The first kappa shape index (κ1) is 19.3. The maximum atomic E-state index is 12.5. The summed E-state index contributed by atoms with van der Waals surface area (Å²) in [6, 6.07) is 6.05. The van der Waals surface area contributed by atoms with Crippen molar-refractivity contribution in [1.82, 2.24) is 0 Å². The number of carbonyl (C=O) groups is 2. The van der Waals surface area contributed by atoms with E-state index in [-0.39, 0.29) is 23.8 Å². The maximum Gasteiger partial charge on any atom is 0.388 e. The Balaban J connectivity index is 3.08. The van der Waals surface area contributed by atoms with Crippen LogP contribution in [0.3, 0.4) is 0 Å². The van der Waals surface area contributed by atoms with Crippen LogP contribution in [0.1, 0.15) is 24.2 Å². The molecule has 0 saturated carbocycles. The Bertz CT molecular complexity index is 654. The van der Waals surface area contributed by atoms with E-state index in [1.165, 1.54) is 12.1 Å². The molecule has 0 aliphatic heterocycles. The number of primary amides is 1. The zero-order valence-corrected chi connectivity index (χ0v) is 14.2. The third-order valence-corrected chi connectivity index (χ3v) is 4.73. The van der Waals surface area contributed by atoms with Gasteiger partial charge in [-0.2, -0.15) is 0 Å². The molecule has 0 heterocycles. The summed E-state index contributed by atoms with van der Waals surface area (Å²) in [7, 11) is -4.08. The zero-order valence-electron chi connectivity index (χ0n) is 12.5. The summed E-state index contributed by atoms with van der Waals surface area (Å²) in [5, 5.41) is 3.40. The summed E-state index contributed by atoms with van der Waals surface area (Å²) in [5.74, 6) is -2.14. The van der Waals surface area contributed by atoms with Crippen molar-refractivity contribution in [3.63, 3.8) is 0 Å². The molecule has 0 aromatic heterocycles. The molecule has 0 fully saturated rings. The van der Waals surface area contributed by atoms with Gasteiger partial charge in [0.15, 0.2) is 0 Å². The Morgan fingerprint density at radius 1 is 1.22 bits per heavy atom. The standard InChI is InChI=1S/C13H16ClN2O6P/c1-3-20-23(19,21-4-2)12(11(15)17)16-22-13(18)9-7-5-6-8-10(9)14/h5-8H,3-4H2,1-2H3,(H2,15,17)/b16-12-. The number of nitrogens with zero attached hydrogens (tertiary/aromatic N) is 1. The van der Waals surface area contributed by atoms with Crippen LogP contribution in [0.15, 0.2) is 29.4 Å². The van der Waals surface area contributed by atoms with E-state index >= 15 is 0 Å². The first-order valence-electron chi connectivity index (χ1n) is 6.59. The molecule has 1 aromatic carbocycles. The van der Waals surface area contributed by atoms with E-state index in [4.69, 9.17) is 26.4 Å². The molecule has 0 aliphatic carbocycles. The lowest BCUT2D eigenvalue weighted by molar-refractivity contribution is -0.111. The van der Waals surface area contributed by atoms with Gasteiger partial charge < -0.3 is 19.6 Å². The number of benzene rings is 1. The van der Waals surface area contributed by atoms with Crippen molar-refractivity contribution >= 4 is 36.5 Å². The van der Waals surface area contributed by atoms with E-state index < -0.39 is 24.9 Å². The smallest absolute Gasteiger partial charge is 0.364 e. The number of halogens is 1. The number of hydrogen-bond donors (Lipinski definition) is 1. The lowest BCUT2D eigenvalue weighted by Gasteiger charge is -2.16. The van der Waals surface area contributed by atoms with Gasteiger partial charge in [0.1, 0.15) is 0 Å². The summed E-state index contributed by atoms with van der Waals surface area (Å²) >= 11 is 5.84. The second kappa shape index (κ2) is 8.79. The highest BCUT2D eigenvalue weighted by Gasteiger charge is 2.37.